The number of carbonyl (C=O) groups excluding carboxylic acids is 1. The van der Waals surface area contributed by atoms with Gasteiger partial charge in [-0.05, 0) is 12.1 Å². The molecular formula is C12H12ClNO2. The molecule has 2 rings (SSSR count). The molecule has 0 saturated carbocycles. The number of anilines is 1. The molecule has 3 nitrogen and oxygen atoms in total. The number of aromatic hydroxyl groups is 1. The molecule has 84 valence electrons. The number of para-hydroxylation sites is 1. The summed E-state index contributed by atoms with van der Waals surface area (Å²) in [7, 11) is 0. The van der Waals surface area contributed by atoms with Crippen molar-refractivity contribution in [1.29, 1.82) is 0 Å². The van der Waals surface area contributed by atoms with Gasteiger partial charge in [0.1, 0.15) is 11.4 Å². The third kappa shape index (κ3) is 1.78. The van der Waals surface area contributed by atoms with E-state index in [1.165, 1.54) is 11.0 Å². The topological polar surface area (TPSA) is 40.5 Å². The van der Waals surface area contributed by atoms with E-state index in [-0.39, 0.29) is 17.6 Å². The quantitative estimate of drug-likeness (QED) is 0.804. The van der Waals surface area contributed by atoms with E-state index in [1.54, 1.807) is 18.2 Å². The van der Waals surface area contributed by atoms with Gasteiger partial charge in [0.15, 0.2) is 0 Å². The van der Waals surface area contributed by atoms with E-state index >= 15 is 0 Å². The standard InChI is InChI=1S/C12H12ClNO2/c1-2-8-6-11(16)14(7-8)12-9(13)4-3-5-10(12)15/h2-5,8,15H,1,6-7H2. The number of nitrogens with zero attached hydrogens (tertiary/aromatic N) is 1. The molecule has 1 fully saturated rings. The highest BCUT2D eigenvalue weighted by atomic mass is 35.5. The molecule has 1 atom stereocenters. The van der Waals surface area contributed by atoms with Crippen molar-refractivity contribution in [3.05, 3.63) is 35.9 Å². The molecule has 1 aliphatic heterocycles. The van der Waals surface area contributed by atoms with Crippen molar-refractivity contribution in [1.82, 2.24) is 0 Å². The van der Waals surface area contributed by atoms with Crippen molar-refractivity contribution in [3.8, 4) is 5.75 Å². The average molecular weight is 238 g/mol. The van der Waals surface area contributed by atoms with Crippen LogP contribution >= 0.6 is 11.6 Å². The summed E-state index contributed by atoms with van der Waals surface area (Å²) in [5.74, 6) is 0.127. The van der Waals surface area contributed by atoms with Gasteiger partial charge >= 0.3 is 0 Å². The van der Waals surface area contributed by atoms with Crippen molar-refractivity contribution >= 4 is 23.2 Å². The van der Waals surface area contributed by atoms with Crippen molar-refractivity contribution < 1.29 is 9.90 Å². The van der Waals surface area contributed by atoms with Crippen LogP contribution in [0.1, 0.15) is 6.42 Å². The molecule has 0 radical (unpaired) electrons. The number of amides is 1. The summed E-state index contributed by atoms with van der Waals surface area (Å²) in [5.41, 5.74) is 0.401. The molecule has 1 aromatic carbocycles. The Bertz CT molecular complexity index is 424. The number of rotatable bonds is 2. The number of phenols is 1. The predicted octanol–water partition coefficient (Wildman–Crippen LogP) is 2.58. The normalized spacial score (nSPS) is 20.2. The van der Waals surface area contributed by atoms with E-state index in [2.05, 4.69) is 6.58 Å². The minimum absolute atomic E-state index is 0.0329. The molecule has 1 amide bonds. The van der Waals surface area contributed by atoms with Crippen LogP contribution in [-0.4, -0.2) is 17.6 Å². The van der Waals surface area contributed by atoms with Gasteiger partial charge in [0, 0.05) is 18.9 Å². The summed E-state index contributed by atoms with van der Waals surface area (Å²) in [6.45, 7) is 4.20. The Kier molecular flexibility index (Phi) is 2.88. The zero-order valence-electron chi connectivity index (χ0n) is 8.69. The van der Waals surface area contributed by atoms with Crippen molar-refractivity contribution in [2.75, 3.05) is 11.4 Å². The summed E-state index contributed by atoms with van der Waals surface area (Å²) in [4.78, 5) is 13.3. The van der Waals surface area contributed by atoms with Crippen LogP contribution in [0.4, 0.5) is 5.69 Å². The van der Waals surface area contributed by atoms with Gasteiger partial charge in [-0.15, -0.1) is 6.58 Å². The maximum absolute atomic E-state index is 11.8. The zero-order valence-corrected chi connectivity index (χ0v) is 9.44. The van der Waals surface area contributed by atoms with Crippen LogP contribution in [0.15, 0.2) is 30.9 Å². The molecule has 0 aliphatic carbocycles. The Labute approximate surface area is 98.9 Å². The van der Waals surface area contributed by atoms with Gasteiger partial charge in [-0.1, -0.05) is 23.7 Å². The first-order chi connectivity index (χ1) is 7.63. The SMILES string of the molecule is C=CC1CC(=O)N(c2c(O)cccc2Cl)C1. The lowest BCUT2D eigenvalue weighted by molar-refractivity contribution is -0.117. The van der Waals surface area contributed by atoms with Crippen LogP contribution in [0.5, 0.6) is 5.75 Å². The molecule has 1 unspecified atom stereocenters. The highest BCUT2D eigenvalue weighted by molar-refractivity contribution is 6.34. The third-order valence-electron chi connectivity index (χ3n) is 2.72. The van der Waals surface area contributed by atoms with E-state index in [4.69, 9.17) is 11.6 Å². The maximum Gasteiger partial charge on any atom is 0.227 e. The van der Waals surface area contributed by atoms with Gasteiger partial charge in [-0.25, -0.2) is 0 Å². The minimum atomic E-state index is -0.0340. The molecule has 1 heterocycles. The van der Waals surface area contributed by atoms with E-state index in [0.717, 1.165) is 0 Å². The van der Waals surface area contributed by atoms with Crippen LogP contribution in [0.2, 0.25) is 5.02 Å². The van der Waals surface area contributed by atoms with Crippen molar-refractivity contribution in [3.63, 3.8) is 0 Å². The first-order valence-electron chi connectivity index (χ1n) is 5.04. The molecule has 1 saturated heterocycles. The predicted molar refractivity (Wildman–Crippen MR) is 63.8 cm³/mol. The maximum atomic E-state index is 11.8. The molecular weight excluding hydrogens is 226 g/mol. The average Bonchev–Trinajstić information content (AvgIpc) is 2.60. The summed E-state index contributed by atoms with van der Waals surface area (Å²) in [6.07, 6.45) is 2.18. The molecule has 1 aliphatic rings. The summed E-state index contributed by atoms with van der Waals surface area (Å²) in [5, 5.41) is 10.1. The second-order valence-corrected chi connectivity index (χ2v) is 4.22. The van der Waals surface area contributed by atoms with Gasteiger partial charge in [-0.3, -0.25) is 4.79 Å². The summed E-state index contributed by atoms with van der Waals surface area (Å²) >= 11 is 5.99. The lowest BCUT2D eigenvalue weighted by atomic mass is 10.1. The van der Waals surface area contributed by atoms with Crippen molar-refractivity contribution in [2.24, 2.45) is 5.92 Å². The summed E-state index contributed by atoms with van der Waals surface area (Å²) < 4.78 is 0. The van der Waals surface area contributed by atoms with Crippen LogP contribution in [-0.2, 0) is 4.79 Å². The fourth-order valence-electron chi connectivity index (χ4n) is 1.88. The number of carbonyl (C=O) groups is 1. The number of halogens is 1. The Morgan fingerprint density at radius 1 is 1.56 bits per heavy atom. The molecule has 0 aromatic heterocycles. The summed E-state index contributed by atoms with van der Waals surface area (Å²) in [6, 6.07) is 4.83. The Morgan fingerprint density at radius 2 is 2.31 bits per heavy atom. The largest absolute Gasteiger partial charge is 0.506 e. The van der Waals surface area contributed by atoms with Gasteiger partial charge in [0.2, 0.25) is 5.91 Å². The van der Waals surface area contributed by atoms with E-state index in [1.807, 2.05) is 0 Å². The molecule has 4 heteroatoms. The van der Waals surface area contributed by atoms with Gasteiger partial charge in [-0.2, -0.15) is 0 Å². The molecule has 0 bridgehead atoms. The van der Waals surface area contributed by atoms with Gasteiger partial charge < -0.3 is 10.0 Å². The Hall–Kier alpha value is -1.48. The van der Waals surface area contributed by atoms with Crippen LogP contribution in [0, 0.1) is 5.92 Å². The fourth-order valence-corrected chi connectivity index (χ4v) is 2.15. The Balaban J connectivity index is 2.38. The molecule has 0 spiro atoms. The molecule has 16 heavy (non-hydrogen) atoms. The Morgan fingerprint density at radius 3 is 2.88 bits per heavy atom. The minimum Gasteiger partial charge on any atom is -0.506 e. The fraction of sp³-hybridized carbons (Fsp3) is 0.250. The second kappa shape index (κ2) is 4.18. The van der Waals surface area contributed by atoms with E-state index in [0.29, 0.717) is 23.7 Å². The first kappa shape index (κ1) is 11.0. The van der Waals surface area contributed by atoms with Crippen LogP contribution in [0.3, 0.4) is 0 Å². The monoisotopic (exact) mass is 237 g/mol. The van der Waals surface area contributed by atoms with Crippen LogP contribution in [0.25, 0.3) is 0 Å². The molecule has 1 aromatic rings. The van der Waals surface area contributed by atoms with Gasteiger partial charge in [0.25, 0.3) is 0 Å². The molecule has 1 N–H and O–H groups in total. The number of hydrogen-bond acceptors (Lipinski definition) is 2. The van der Waals surface area contributed by atoms with E-state index in [9.17, 15) is 9.90 Å². The third-order valence-corrected chi connectivity index (χ3v) is 3.03. The first-order valence-corrected chi connectivity index (χ1v) is 5.41. The van der Waals surface area contributed by atoms with Gasteiger partial charge in [0.05, 0.1) is 5.02 Å². The highest BCUT2D eigenvalue weighted by Crippen LogP contribution is 2.38. The number of phenolic OH excluding ortho intramolecular Hbond substituents is 1. The smallest absolute Gasteiger partial charge is 0.227 e. The second-order valence-electron chi connectivity index (χ2n) is 3.81. The number of hydrogen-bond donors (Lipinski definition) is 1. The van der Waals surface area contributed by atoms with E-state index < -0.39 is 0 Å². The highest BCUT2D eigenvalue weighted by Gasteiger charge is 2.31. The van der Waals surface area contributed by atoms with Crippen LogP contribution < -0.4 is 4.90 Å². The number of benzene rings is 1. The van der Waals surface area contributed by atoms with Crippen molar-refractivity contribution in [2.45, 2.75) is 6.42 Å². The lowest BCUT2D eigenvalue weighted by Crippen LogP contribution is -2.24. The zero-order chi connectivity index (χ0) is 11.7. The lowest BCUT2D eigenvalue weighted by Gasteiger charge is -2.18.